The zero-order valence-corrected chi connectivity index (χ0v) is 10.4. The minimum atomic E-state index is -0.523. The Labute approximate surface area is 102 Å². The molecule has 1 aromatic carbocycles. The summed E-state index contributed by atoms with van der Waals surface area (Å²) in [5.41, 5.74) is 7.15. The van der Waals surface area contributed by atoms with Crippen LogP contribution >= 0.6 is 0 Å². The number of likely N-dealkylation sites (N-methyl/N-ethyl adjacent to an activating group) is 1. The molecule has 17 heavy (non-hydrogen) atoms. The quantitative estimate of drug-likeness (QED) is 0.788. The number of benzene rings is 1. The lowest BCUT2D eigenvalue weighted by Crippen LogP contribution is -2.33. The Morgan fingerprint density at radius 3 is 2.71 bits per heavy atom. The van der Waals surface area contributed by atoms with Crippen molar-refractivity contribution in [1.29, 1.82) is 0 Å². The van der Waals surface area contributed by atoms with Gasteiger partial charge in [-0.25, -0.2) is 0 Å². The molecule has 0 aliphatic rings. The first-order valence-corrected chi connectivity index (χ1v) is 5.77. The predicted molar refractivity (Wildman–Crippen MR) is 67.8 cm³/mol. The number of hydrogen-bond donors (Lipinski definition) is 2. The highest BCUT2D eigenvalue weighted by molar-refractivity contribution is 5.95. The second kappa shape index (κ2) is 6.37. The molecular weight excluding hydrogens is 216 g/mol. The molecule has 0 aliphatic heterocycles. The fourth-order valence-corrected chi connectivity index (χ4v) is 1.79. The molecule has 0 fully saturated rings. The molecule has 0 bridgehead atoms. The average molecular weight is 236 g/mol. The third-order valence-electron chi connectivity index (χ3n) is 2.55. The minimum absolute atomic E-state index is 0.0741. The van der Waals surface area contributed by atoms with Gasteiger partial charge in [0.1, 0.15) is 0 Å². The van der Waals surface area contributed by atoms with Crippen molar-refractivity contribution in [1.82, 2.24) is 4.90 Å². The second-order valence-corrected chi connectivity index (χ2v) is 4.23. The molecule has 4 nitrogen and oxygen atoms in total. The molecule has 0 saturated carbocycles. The van der Waals surface area contributed by atoms with E-state index < -0.39 is 6.10 Å². The minimum Gasteiger partial charge on any atom is -0.392 e. The number of hydrogen-bond acceptors (Lipinski definition) is 3. The van der Waals surface area contributed by atoms with Crippen LogP contribution in [0.5, 0.6) is 0 Å². The molecule has 1 unspecified atom stereocenters. The molecule has 0 aliphatic carbocycles. The van der Waals surface area contributed by atoms with Gasteiger partial charge in [-0.3, -0.25) is 4.79 Å². The van der Waals surface area contributed by atoms with Crippen LogP contribution in [0.4, 0.5) is 0 Å². The number of nitrogens with two attached hydrogens (primary N) is 1. The Kier molecular flexibility index (Phi) is 5.12. The van der Waals surface area contributed by atoms with Crippen LogP contribution in [0.1, 0.15) is 22.8 Å². The zero-order chi connectivity index (χ0) is 12.8. The van der Waals surface area contributed by atoms with Gasteiger partial charge in [0.2, 0.25) is 0 Å². The molecule has 1 rings (SSSR count). The lowest BCUT2D eigenvalue weighted by molar-refractivity contribution is 0.0702. The molecule has 1 atom stereocenters. The van der Waals surface area contributed by atoms with Crippen molar-refractivity contribution in [2.75, 3.05) is 20.1 Å². The lowest BCUT2D eigenvalue weighted by Gasteiger charge is -2.20. The zero-order valence-electron chi connectivity index (χ0n) is 10.4. The van der Waals surface area contributed by atoms with Crippen LogP contribution in [-0.2, 0) is 6.42 Å². The van der Waals surface area contributed by atoms with Crippen molar-refractivity contribution in [3.05, 3.63) is 35.4 Å². The molecule has 0 heterocycles. The first-order chi connectivity index (χ1) is 8.06. The maximum atomic E-state index is 12.1. The largest absolute Gasteiger partial charge is 0.392 e. The van der Waals surface area contributed by atoms with Crippen molar-refractivity contribution in [3.8, 4) is 0 Å². The SMILES string of the molecule is CC(O)CN(C)C(=O)c1ccccc1CCN. The fraction of sp³-hybridized carbons (Fsp3) is 0.462. The summed E-state index contributed by atoms with van der Waals surface area (Å²) < 4.78 is 0. The highest BCUT2D eigenvalue weighted by atomic mass is 16.3. The monoisotopic (exact) mass is 236 g/mol. The molecule has 0 saturated heterocycles. The van der Waals surface area contributed by atoms with Crippen LogP contribution in [0.25, 0.3) is 0 Å². The number of carbonyl (C=O) groups is 1. The number of aliphatic hydroxyl groups is 1. The summed E-state index contributed by atoms with van der Waals surface area (Å²) in [5.74, 6) is -0.0741. The number of nitrogens with zero attached hydrogens (tertiary/aromatic N) is 1. The van der Waals surface area contributed by atoms with Gasteiger partial charge in [0, 0.05) is 19.2 Å². The summed E-state index contributed by atoms with van der Waals surface area (Å²) in [6.07, 6.45) is 0.162. The van der Waals surface area contributed by atoms with Gasteiger partial charge in [0.05, 0.1) is 6.10 Å². The first kappa shape index (κ1) is 13.7. The van der Waals surface area contributed by atoms with E-state index in [4.69, 9.17) is 5.73 Å². The Morgan fingerprint density at radius 1 is 1.47 bits per heavy atom. The number of rotatable bonds is 5. The molecule has 3 N–H and O–H groups in total. The molecule has 1 aromatic rings. The molecule has 1 amide bonds. The van der Waals surface area contributed by atoms with Gasteiger partial charge in [0.15, 0.2) is 0 Å². The molecule has 4 heteroatoms. The molecule has 94 valence electrons. The van der Waals surface area contributed by atoms with Gasteiger partial charge in [0.25, 0.3) is 5.91 Å². The Morgan fingerprint density at radius 2 is 2.12 bits per heavy atom. The van der Waals surface area contributed by atoms with Gasteiger partial charge in [-0.15, -0.1) is 0 Å². The van der Waals surface area contributed by atoms with Gasteiger partial charge < -0.3 is 15.7 Å². The topological polar surface area (TPSA) is 66.6 Å². The number of amides is 1. The van der Waals surface area contributed by atoms with E-state index >= 15 is 0 Å². The normalized spacial score (nSPS) is 12.2. The summed E-state index contributed by atoms with van der Waals surface area (Å²) in [4.78, 5) is 13.7. The van der Waals surface area contributed by atoms with Crippen LogP contribution in [-0.4, -0.2) is 42.2 Å². The summed E-state index contributed by atoms with van der Waals surface area (Å²) in [6.45, 7) is 2.51. The van der Waals surface area contributed by atoms with Gasteiger partial charge in [-0.2, -0.15) is 0 Å². The van der Waals surface area contributed by atoms with E-state index in [0.29, 0.717) is 25.1 Å². The van der Waals surface area contributed by atoms with Crippen LogP contribution in [0.15, 0.2) is 24.3 Å². The second-order valence-electron chi connectivity index (χ2n) is 4.23. The average Bonchev–Trinajstić information content (AvgIpc) is 2.28. The van der Waals surface area contributed by atoms with Crippen LogP contribution in [0.2, 0.25) is 0 Å². The Balaban J connectivity index is 2.87. The first-order valence-electron chi connectivity index (χ1n) is 5.77. The lowest BCUT2D eigenvalue weighted by atomic mass is 10.0. The highest BCUT2D eigenvalue weighted by Crippen LogP contribution is 2.11. The predicted octanol–water partition coefficient (Wildman–Crippen LogP) is 0.641. The van der Waals surface area contributed by atoms with Crippen molar-refractivity contribution in [3.63, 3.8) is 0 Å². The van der Waals surface area contributed by atoms with E-state index in [0.717, 1.165) is 5.56 Å². The molecule has 0 radical (unpaired) electrons. The summed E-state index contributed by atoms with van der Waals surface area (Å²) >= 11 is 0. The Bertz CT molecular complexity index is 377. The molecule has 0 aromatic heterocycles. The van der Waals surface area contributed by atoms with E-state index in [1.165, 1.54) is 4.90 Å². The fourth-order valence-electron chi connectivity index (χ4n) is 1.79. The van der Waals surface area contributed by atoms with Crippen molar-refractivity contribution >= 4 is 5.91 Å². The third kappa shape index (κ3) is 3.84. The van der Waals surface area contributed by atoms with Crippen LogP contribution in [0.3, 0.4) is 0 Å². The van der Waals surface area contributed by atoms with Crippen molar-refractivity contribution in [2.45, 2.75) is 19.4 Å². The Hall–Kier alpha value is -1.39. The summed E-state index contributed by atoms with van der Waals surface area (Å²) in [6, 6.07) is 7.45. The maximum absolute atomic E-state index is 12.1. The molecular formula is C13H20N2O2. The highest BCUT2D eigenvalue weighted by Gasteiger charge is 2.15. The van der Waals surface area contributed by atoms with E-state index in [9.17, 15) is 9.90 Å². The van der Waals surface area contributed by atoms with E-state index in [1.807, 2.05) is 18.2 Å². The van der Waals surface area contributed by atoms with Gasteiger partial charge in [-0.05, 0) is 31.5 Å². The van der Waals surface area contributed by atoms with Gasteiger partial charge >= 0.3 is 0 Å². The van der Waals surface area contributed by atoms with Crippen molar-refractivity contribution in [2.24, 2.45) is 5.73 Å². The number of aliphatic hydroxyl groups excluding tert-OH is 1. The van der Waals surface area contributed by atoms with Gasteiger partial charge in [-0.1, -0.05) is 18.2 Å². The maximum Gasteiger partial charge on any atom is 0.253 e. The summed E-state index contributed by atoms with van der Waals surface area (Å²) in [5, 5.41) is 9.28. The van der Waals surface area contributed by atoms with E-state index in [-0.39, 0.29) is 5.91 Å². The third-order valence-corrected chi connectivity index (χ3v) is 2.55. The van der Waals surface area contributed by atoms with E-state index in [1.54, 1.807) is 20.0 Å². The molecule has 0 spiro atoms. The van der Waals surface area contributed by atoms with E-state index in [2.05, 4.69) is 0 Å². The standard InChI is InChI=1S/C13H20N2O2/c1-10(16)9-15(2)13(17)12-6-4-3-5-11(12)7-8-14/h3-6,10,16H,7-9,14H2,1-2H3. The smallest absolute Gasteiger partial charge is 0.253 e. The van der Waals surface area contributed by atoms with Crippen molar-refractivity contribution < 1.29 is 9.90 Å². The number of carbonyl (C=O) groups excluding carboxylic acids is 1. The van der Waals surface area contributed by atoms with Crippen LogP contribution < -0.4 is 5.73 Å². The van der Waals surface area contributed by atoms with Crippen LogP contribution in [0, 0.1) is 0 Å². The summed E-state index contributed by atoms with van der Waals surface area (Å²) in [7, 11) is 1.69.